The highest BCUT2D eigenvalue weighted by atomic mass is 32.2. The van der Waals surface area contributed by atoms with Crippen LogP contribution in [0.3, 0.4) is 0 Å². The predicted molar refractivity (Wildman–Crippen MR) is 110 cm³/mol. The van der Waals surface area contributed by atoms with Gasteiger partial charge in [-0.2, -0.15) is 5.26 Å². The number of hydrogen-bond donors (Lipinski definition) is 1. The molecule has 7 nitrogen and oxygen atoms in total. The lowest BCUT2D eigenvalue weighted by molar-refractivity contribution is -0.127. The van der Waals surface area contributed by atoms with Gasteiger partial charge < -0.3 is 10.1 Å². The van der Waals surface area contributed by atoms with Crippen molar-refractivity contribution in [2.45, 2.75) is 6.92 Å². The normalized spacial score (nSPS) is 14.8. The molecule has 146 valence electrons. The number of aryl methyl sites for hydroxylation is 1. The summed E-state index contributed by atoms with van der Waals surface area (Å²) >= 11 is 0.789. The molecular formula is C21H17N3O4S. The number of amides is 3. The Hall–Kier alpha value is -3.57. The van der Waals surface area contributed by atoms with Crippen molar-refractivity contribution in [3.63, 3.8) is 0 Å². The van der Waals surface area contributed by atoms with Crippen LogP contribution in [-0.4, -0.2) is 35.1 Å². The largest absolute Gasteiger partial charge is 0.479 e. The monoisotopic (exact) mass is 407 g/mol. The molecule has 0 aromatic heterocycles. The number of benzene rings is 2. The van der Waals surface area contributed by atoms with Crippen molar-refractivity contribution in [3.8, 4) is 11.8 Å². The number of nitrogens with one attached hydrogen (secondary N) is 1. The third-order valence-corrected chi connectivity index (χ3v) is 4.90. The standard InChI is InChI=1S/C21H17N3O4S/c1-14-2-6-16(7-3-14)23-19(25)13-24-20(26)18(29-21(24)27)12-15-4-8-17(9-5-15)28-11-10-22/h2-9,12H,11,13H2,1H3,(H,23,25). The van der Waals surface area contributed by atoms with E-state index in [4.69, 9.17) is 10.00 Å². The Balaban J connectivity index is 1.64. The van der Waals surface area contributed by atoms with Gasteiger partial charge >= 0.3 is 0 Å². The summed E-state index contributed by atoms with van der Waals surface area (Å²) in [5.74, 6) is -0.426. The van der Waals surface area contributed by atoms with Crippen molar-refractivity contribution in [1.29, 1.82) is 5.26 Å². The Morgan fingerprint density at radius 2 is 1.86 bits per heavy atom. The third-order valence-electron chi connectivity index (χ3n) is 3.99. The molecule has 29 heavy (non-hydrogen) atoms. The maximum Gasteiger partial charge on any atom is 0.294 e. The van der Waals surface area contributed by atoms with Crippen LogP contribution < -0.4 is 10.1 Å². The number of carbonyl (C=O) groups is 3. The van der Waals surface area contributed by atoms with Crippen molar-refractivity contribution in [3.05, 3.63) is 64.6 Å². The number of anilines is 1. The number of thioether (sulfide) groups is 1. The van der Waals surface area contributed by atoms with Crippen LogP contribution in [0.2, 0.25) is 0 Å². The average Bonchev–Trinajstić information content (AvgIpc) is 2.96. The Labute approximate surface area is 172 Å². The van der Waals surface area contributed by atoms with Crippen LogP contribution in [0, 0.1) is 18.3 Å². The van der Waals surface area contributed by atoms with E-state index in [1.807, 2.05) is 25.1 Å². The lowest BCUT2D eigenvalue weighted by Gasteiger charge is -2.12. The Kier molecular flexibility index (Phi) is 6.32. The fourth-order valence-electron chi connectivity index (χ4n) is 2.54. The molecule has 3 rings (SSSR count). The Morgan fingerprint density at radius 1 is 1.17 bits per heavy atom. The molecule has 0 atom stereocenters. The van der Waals surface area contributed by atoms with Crippen molar-refractivity contribution in [2.24, 2.45) is 0 Å². The third kappa shape index (κ3) is 5.24. The molecule has 1 aliphatic heterocycles. The SMILES string of the molecule is Cc1ccc(NC(=O)CN2C(=O)SC(=Cc3ccc(OCC#N)cc3)C2=O)cc1. The molecule has 3 amide bonds. The van der Waals surface area contributed by atoms with Gasteiger partial charge in [0.1, 0.15) is 18.4 Å². The van der Waals surface area contributed by atoms with Crippen LogP contribution in [-0.2, 0) is 9.59 Å². The van der Waals surface area contributed by atoms with Gasteiger partial charge in [0.15, 0.2) is 6.61 Å². The zero-order valence-corrected chi connectivity index (χ0v) is 16.4. The molecule has 0 unspecified atom stereocenters. The van der Waals surface area contributed by atoms with E-state index < -0.39 is 17.1 Å². The molecule has 0 spiro atoms. The summed E-state index contributed by atoms with van der Waals surface area (Å²) in [6.07, 6.45) is 1.58. The first kappa shape index (κ1) is 20.2. The number of ether oxygens (including phenoxy) is 1. The fraction of sp³-hybridized carbons (Fsp3) is 0.143. The van der Waals surface area contributed by atoms with Crippen LogP contribution in [0.5, 0.6) is 5.75 Å². The van der Waals surface area contributed by atoms with Crippen LogP contribution >= 0.6 is 11.8 Å². The van der Waals surface area contributed by atoms with Crippen LogP contribution in [0.15, 0.2) is 53.4 Å². The van der Waals surface area contributed by atoms with E-state index >= 15 is 0 Å². The first-order chi connectivity index (χ1) is 14.0. The number of nitrogens with zero attached hydrogens (tertiary/aromatic N) is 2. The second kappa shape index (κ2) is 9.08. The minimum Gasteiger partial charge on any atom is -0.479 e. The fourth-order valence-corrected chi connectivity index (χ4v) is 3.38. The lowest BCUT2D eigenvalue weighted by atomic mass is 10.2. The van der Waals surface area contributed by atoms with Crippen LogP contribution in [0.4, 0.5) is 10.5 Å². The van der Waals surface area contributed by atoms with Crippen molar-refractivity contribution in [1.82, 2.24) is 4.90 Å². The molecular weight excluding hydrogens is 390 g/mol. The molecule has 1 saturated heterocycles. The van der Waals surface area contributed by atoms with Gasteiger partial charge in [-0.1, -0.05) is 29.8 Å². The molecule has 2 aromatic rings. The van der Waals surface area contributed by atoms with E-state index in [1.54, 1.807) is 42.5 Å². The minimum absolute atomic E-state index is 0.0527. The topological polar surface area (TPSA) is 99.5 Å². The molecule has 2 aromatic carbocycles. The van der Waals surface area contributed by atoms with E-state index in [1.165, 1.54) is 0 Å². The Morgan fingerprint density at radius 3 is 2.52 bits per heavy atom. The maximum absolute atomic E-state index is 12.5. The van der Waals surface area contributed by atoms with E-state index in [0.29, 0.717) is 17.0 Å². The lowest BCUT2D eigenvalue weighted by Crippen LogP contribution is -2.36. The van der Waals surface area contributed by atoms with E-state index in [0.717, 1.165) is 22.2 Å². The number of imide groups is 1. The summed E-state index contributed by atoms with van der Waals surface area (Å²) in [5, 5.41) is 10.7. The summed E-state index contributed by atoms with van der Waals surface area (Å²) in [6, 6.07) is 15.9. The van der Waals surface area contributed by atoms with Gasteiger partial charge in [-0.15, -0.1) is 0 Å². The van der Waals surface area contributed by atoms with Gasteiger partial charge in [-0.25, -0.2) is 0 Å². The molecule has 1 heterocycles. The quantitative estimate of drug-likeness (QED) is 0.735. The van der Waals surface area contributed by atoms with Gasteiger partial charge in [0.05, 0.1) is 4.91 Å². The number of nitriles is 1. The average molecular weight is 407 g/mol. The second-order valence-electron chi connectivity index (χ2n) is 6.20. The highest BCUT2D eigenvalue weighted by Crippen LogP contribution is 2.32. The van der Waals surface area contributed by atoms with Crippen molar-refractivity contribution in [2.75, 3.05) is 18.5 Å². The van der Waals surface area contributed by atoms with Gasteiger partial charge in [0.2, 0.25) is 5.91 Å². The highest BCUT2D eigenvalue weighted by Gasteiger charge is 2.36. The van der Waals surface area contributed by atoms with Crippen LogP contribution in [0.25, 0.3) is 6.08 Å². The highest BCUT2D eigenvalue weighted by molar-refractivity contribution is 8.18. The van der Waals surface area contributed by atoms with Gasteiger partial charge in [-0.3, -0.25) is 19.3 Å². The molecule has 0 bridgehead atoms. The van der Waals surface area contributed by atoms with Crippen LogP contribution in [0.1, 0.15) is 11.1 Å². The molecule has 0 aliphatic carbocycles. The zero-order valence-electron chi connectivity index (χ0n) is 15.5. The molecule has 1 N–H and O–H groups in total. The number of rotatable bonds is 6. The van der Waals surface area contributed by atoms with E-state index in [-0.39, 0.29) is 18.1 Å². The first-order valence-electron chi connectivity index (χ1n) is 8.68. The second-order valence-corrected chi connectivity index (χ2v) is 7.19. The van der Waals surface area contributed by atoms with E-state index in [9.17, 15) is 14.4 Å². The minimum atomic E-state index is -0.510. The van der Waals surface area contributed by atoms with E-state index in [2.05, 4.69) is 5.32 Å². The summed E-state index contributed by atoms with van der Waals surface area (Å²) < 4.78 is 5.17. The summed E-state index contributed by atoms with van der Waals surface area (Å²) in [5.41, 5.74) is 2.36. The van der Waals surface area contributed by atoms with Crippen molar-refractivity contribution >= 4 is 40.6 Å². The summed E-state index contributed by atoms with van der Waals surface area (Å²) in [6.45, 7) is 1.53. The number of carbonyl (C=O) groups excluding carboxylic acids is 3. The van der Waals surface area contributed by atoms with Gasteiger partial charge in [-0.05, 0) is 54.6 Å². The molecule has 1 aliphatic rings. The van der Waals surface area contributed by atoms with Gasteiger partial charge in [0.25, 0.3) is 11.1 Å². The molecule has 0 saturated carbocycles. The predicted octanol–water partition coefficient (Wildman–Crippen LogP) is 3.57. The number of hydrogen-bond acceptors (Lipinski definition) is 6. The molecule has 1 fully saturated rings. The summed E-state index contributed by atoms with van der Waals surface area (Å²) in [7, 11) is 0. The molecule has 8 heteroatoms. The first-order valence-corrected chi connectivity index (χ1v) is 9.49. The Bertz CT molecular complexity index is 1010. The smallest absolute Gasteiger partial charge is 0.294 e. The maximum atomic E-state index is 12.5. The summed E-state index contributed by atoms with van der Waals surface area (Å²) in [4.78, 5) is 38.1. The molecule has 0 radical (unpaired) electrons. The van der Waals surface area contributed by atoms with Gasteiger partial charge in [0, 0.05) is 5.69 Å². The zero-order chi connectivity index (χ0) is 20.8. The van der Waals surface area contributed by atoms with Crippen molar-refractivity contribution < 1.29 is 19.1 Å².